The Morgan fingerprint density at radius 1 is 1.16 bits per heavy atom. The Morgan fingerprint density at radius 2 is 1.97 bits per heavy atom. The number of aliphatic hydroxyl groups excluding tert-OH is 1. The molecule has 1 aromatic heterocycles. The number of nitrogens with zero attached hydrogens (tertiary/aromatic N) is 1. The number of rotatable bonds is 7. The number of hydrogen-bond acceptors (Lipinski definition) is 4. The summed E-state index contributed by atoms with van der Waals surface area (Å²) in [4.78, 5) is 17.3. The molecular weight excluding hydrogens is 535 g/mol. The highest BCUT2D eigenvalue weighted by atomic mass is 127. The fourth-order valence-electron chi connectivity index (χ4n) is 3.54. The maximum absolute atomic E-state index is 12.2. The second kappa shape index (κ2) is 11.6. The average molecular weight is 564 g/mol. The van der Waals surface area contributed by atoms with Gasteiger partial charge in [-0.1, -0.05) is 36.8 Å². The van der Waals surface area contributed by atoms with Gasteiger partial charge in [0, 0.05) is 41.3 Å². The van der Waals surface area contributed by atoms with Crippen molar-refractivity contribution < 1.29 is 9.90 Å². The van der Waals surface area contributed by atoms with Crippen molar-refractivity contribution in [3.8, 4) is 0 Å². The van der Waals surface area contributed by atoms with Crippen LogP contribution in [0.25, 0.3) is 10.1 Å². The molecule has 1 heterocycles. The van der Waals surface area contributed by atoms with Crippen molar-refractivity contribution in [1.29, 1.82) is 0 Å². The third-order valence-corrected chi connectivity index (χ3v) is 6.81. The predicted molar refractivity (Wildman–Crippen MR) is 143 cm³/mol. The van der Waals surface area contributed by atoms with Gasteiger partial charge in [0.1, 0.15) is 6.10 Å². The van der Waals surface area contributed by atoms with Crippen molar-refractivity contribution in [3.05, 3.63) is 65.0 Å². The number of amides is 1. The number of anilines is 1. The molecule has 0 radical (unpaired) electrons. The van der Waals surface area contributed by atoms with E-state index in [1.807, 2.05) is 42.5 Å². The van der Waals surface area contributed by atoms with E-state index >= 15 is 0 Å². The van der Waals surface area contributed by atoms with Crippen molar-refractivity contribution in [2.24, 2.45) is 10.9 Å². The van der Waals surface area contributed by atoms with Crippen LogP contribution in [0.4, 0.5) is 5.69 Å². The smallest absolute Gasteiger partial charge is 0.227 e. The highest BCUT2D eigenvalue weighted by Crippen LogP contribution is 2.29. The summed E-state index contributed by atoms with van der Waals surface area (Å²) in [5.41, 5.74) is 1.86. The van der Waals surface area contributed by atoms with Crippen molar-refractivity contribution in [2.75, 3.05) is 18.9 Å². The third-order valence-electron chi connectivity index (χ3n) is 5.59. The number of aliphatic hydroxyl groups is 1. The summed E-state index contributed by atoms with van der Waals surface area (Å²) in [6.45, 7) is 0.926. The number of halogens is 1. The molecule has 4 rings (SSSR count). The van der Waals surface area contributed by atoms with Gasteiger partial charge in [-0.2, -0.15) is 0 Å². The largest absolute Gasteiger partial charge is 0.386 e. The standard InChI is InChI=1S/C24H28N4O2S.HI/c1-25-24(27-15-20(29)22-13-18-7-2-3-11-21(18)31-22)26-14-16-6-4-10-19(12-16)28-23(30)17-8-5-9-17;/h2-4,6-7,10-13,17,20,29H,5,8-9,14-15H2,1H3,(H,28,30)(H2,25,26,27);1H. The Bertz CT molecular complexity index is 1050. The van der Waals surface area contributed by atoms with Crippen LogP contribution < -0.4 is 16.0 Å². The van der Waals surface area contributed by atoms with Gasteiger partial charge in [-0.25, -0.2) is 0 Å². The Hall–Kier alpha value is -2.17. The van der Waals surface area contributed by atoms with Gasteiger partial charge in [0.05, 0.1) is 0 Å². The van der Waals surface area contributed by atoms with Gasteiger partial charge in [-0.15, -0.1) is 35.3 Å². The maximum Gasteiger partial charge on any atom is 0.227 e. The average Bonchev–Trinajstić information content (AvgIpc) is 3.17. The summed E-state index contributed by atoms with van der Waals surface area (Å²) in [7, 11) is 1.70. The van der Waals surface area contributed by atoms with E-state index in [-0.39, 0.29) is 35.8 Å². The quantitative estimate of drug-likeness (QED) is 0.191. The van der Waals surface area contributed by atoms with Crippen LogP contribution in [0.3, 0.4) is 0 Å². The summed E-state index contributed by atoms with van der Waals surface area (Å²) < 4.78 is 1.17. The minimum absolute atomic E-state index is 0. The van der Waals surface area contributed by atoms with Gasteiger partial charge in [0.15, 0.2) is 5.96 Å². The van der Waals surface area contributed by atoms with E-state index in [4.69, 9.17) is 0 Å². The van der Waals surface area contributed by atoms with Gasteiger partial charge in [0.2, 0.25) is 5.91 Å². The first kappa shape index (κ1) is 24.5. The van der Waals surface area contributed by atoms with E-state index in [9.17, 15) is 9.90 Å². The third kappa shape index (κ3) is 6.20. The number of carbonyl (C=O) groups is 1. The van der Waals surface area contributed by atoms with Gasteiger partial charge in [-0.3, -0.25) is 9.79 Å². The SMILES string of the molecule is CN=C(NCc1cccc(NC(=O)C2CCC2)c1)NCC(O)c1cc2ccccc2s1.I. The van der Waals surface area contributed by atoms with E-state index in [1.54, 1.807) is 18.4 Å². The van der Waals surface area contributed by atoms with Crippen LogP contribution in [0.1, 0.15) is 35.8 Å². The van der Waals surface area contributed by atoms with Crippen molar-refractivity contribution in [2.45, 2.75) is 31.9 Å². The predicted octanol–water partition coefficient (Wildman–Crippen LogP) is 4.66. The van der Waals surface area contributed by atoms with Crippen LogP contribution in [-0.2, 0) is 11.3 Å². The number of fused-ring (bicyclic) bond motifs is 1. The second-order valence-corrected chi connectivity index (χ2v) is 8.94. The first-order chi connectivity index (χ1) is 15.1. The molecule has 2 aromatic carbocycles. The lowest BCUT2D eigenvalue weighted by Gasteiger charge is -2.24. The Labute approximate surface area is 209 Å². The molecule has 0 aliphatic heterocycles. The number of nitrogens with one attached hydrogen (secondary N) is 3. The van der Waals surface area contributed by atoms with Crippen LogP contribution in [0.5, 0.6) is 0 Å². The summed E-state index contributed by atoms with van der Waals surface area (Å²) in [6.07, 6.45) is 2.51. The van der Waals surface area contributed by atoms with Crippen LogP contribution in [0.15, 0.2) is 59.6 Å². The summed E-state index contributed by atoms with van der Waals surface area (Å²) in [5.74, 6) is 0.894. The van der Waals surface area contributed by atoms with Crippen molar-refractivity contribution in [1.82, 2.24) is 10.6 Å². The topological polar surface area (TPSA) is 85.8 Å². The molecule has 3 aromatic rings. The van der Waals surface area contributed by atoms with Crippen LogP contribution >= 0.6 is 35.3 Å². The molecule has 6 nitrogen and oxygen atoms in total. The normalized spacial score (nSPS) is 14.9. The van der Waals surface area contributed by atoms with Crippen molar-refractivity contribution >= 4 is 63.0 Å². The molecule has 1 saturated carbocycles. The number of benzene rings is 2. The minimum Gasteiger partial charge on any atom is -0.386 e. The lowest BCUT2D eigenvalue weighted by atomic mass is 9.85. The van der Waals surface area contributed by atoms with E-state index in [2.05, 4.69) is 33.1 Å². The molecule has 1 aliphatic carbocycles. The molecule has 32 heavy (non-hydrogen) atoms. The van der Waals surface area contributed by atoms with E-state index in [1.165, 1.54) is 4.70 Å². The van der Waals surface area contributed by atoms with Crippen LogP contribution in [0.2, 0.25) is 0 Å². The molecule has 1 aliphatic rings. The highest BCUT2D eigenvalue weighted by Gasteiger charge is 2.25. The van der Waals surface area contributed by atoms with Crippen molar-refractivity contribution in [3.63, 3.8) is 0 Å². The molecule has 170 valence electrons. The zero-order valence-electron chi connectivity index (χ0n) is 18.0. The number of hydrogen-bond donors (Lipinski definition) is 4. The monoisotopic (exact) mass is 564 g/mol. The van der Waals surface area contributed by atoms with E-state index in [0.717, 1.165) is 40.8 Å². The molecule has 1 unspecified atom stereocenters. The Morgan fingerprint density at radius 3 is 2.69 bits per heavy atom. The summed E-state index contributed by atoms with van der Waals surface area (Å²) in [6, 6.07) is 18.0. The molecule has 0 saturated heterocycles. The number of carbonyl (C=O) groups excluding carboxylic acids is 1. The Balaban J connectivity index is 0.00000289. The molecule has 1 fully saturated rings. The van der Waals surface area contributed by atoms with E-state index < -0.39 is 6.10 Å². The lowest BCUT2D eigenvalue weighted by Crippen LogP contribution is -2.38. The van der Waals surface area contributed by atoms with Crippen LogP contribution in [0, 0.1) is 5.92 Å². The molecule has 0 spiro atoms. The van der Waals surface area contributed by atoms with Crippen LogP contribution in [-0.4, -0.2) is 30.6 Å². The zero-order valence-corrected chi connectivity index (χ0v) is 21.2. The number of guanidine groups is 1. The van der Waals surface area contributed by atoms with E-state index in [0.29, 0.717) is 19.0 Å². The molecule has 1 atom stereocenters. The molecule has 1 amide bonds. The van der Waals surface area contributed by atoms with Gasteiger partial charge in [0.25, 0.3) is 0 Å². The maximum atomic E-state index is 12.2. The lowest BCUT2D eigenvalue weighted by molar-refractivity contribution is -0.122. The zero-order chi connectivity index (χ0) is 21.6. The number of thiophene rings is 1. The molecule has 8 heteroatoms. The Kier molecular flexibility index (Phi) is 8.89. The van der Waals surface area contributed by atoms with Gasteiger partial charge < -0.3 is 21.1 Å². The summed E-state index contributed by atoms with van der Waals surface area (Å²) in [5, 5.41) is 21.2. The first-order valence-electron chi connectivity index (χ1n) is 10.6. The molecule has 4 N–H and O–H groups in total. The fraction of sp³-hybridized carbons (Fsp3) is 0.333. The summed E-state index contributed by atoms with van der Waals surface area (Å²) >= 11 is 1.60. The highest BCUT2D eigenvalue weighted by molar-refractivity contribution is 14.0. The number of aliphatic imine (C=N–C) groups is 1. The van der Waals surface area contributed by atoms with Gasteiger partial charge in [-0.05, 0) is 48.1 Å². The van der Waals surface area contributed by atoms with Gasteiger partial charge >= 0.3 is 0 Å². The fourth-order valence-corrected chi connectivity index (χ4v) is 4.59. The molecule has 0 bridgehead atoms. The second-order valence-electron chi connectivity index (χ2n) is 7.83. The first-order valence-corrected chi connectivity index (χ1v) is 11.4. The molecular formula is C24H29IN4O2S. The minimum atomic E-state index is -0.610.